The molecule has 0 N–H and O–H groups in total. The molecule has 1 aromatic heterocycles. The Hall–Kier alpha value is -1.70. The van der Waals surface area contributed by atoms with Gasteiger partial charge in [-0.1, -0.05) is 39.0 Å². The molecule has 1 heterocycles. The molecule has 0 amide bonds. The minimum Gasteiger partial charge on any atom is -0.299 e. The van der Waals surface area contributed by atoms with Crippen LogP contribution >= 0.6 is 0 Å². The number of carbonyl (C=O) groups excluding carboxylic acids is 1. The Morgan fingerprint density at radius 2 is 2.00 bits per heavy atom. The first-order valence-corrected chi connectivity index (χ1v) is 7.86. The third-order valence-corrected chi connectivity index (χ3v) is 5.11. The molecule has 1 aromatic carbocycles. The van der Waals surface area contributed by atoms with Crippen molar-refractivity contribution in [3.8, 4) is 0 Å². The third kappa shape index (κ3) is 2.59. The van der Waals surface area contributed by atoms with E-state index in [1.165, 1.54) is 5.56 Å². The van der Waals surface area contributed by atoms with Gasteiger partial charge in [0.15, 0.2) is 0 Å². The quantitative estimate of drug-likeness (QED) is 0.810. The molecule has 2 atom stereocenters. The molecule has 3 rings (SSSR count). The van der Waals surface area contributed by atoms with Crippen LogP contribution in [0.5, 0.6) is 0 Å². The van der Waals surface area contributed by atoms with Crippen LogP contribution in [0, 0.1) is 11.8 Å². The molecule has 0 aliphatic heterocycles. The van der Waals surface area contributed by atoms with Gasteiger partial charge in [0.2, 0.25) is 0 Å². The Bertz CT molecular complexity index is 674. The molecule has 1 saturated carbocycles. The predicted molar refractivity (Wildman–Crippen MR) is 86.3 cm³/mol. The van der Waals surface area contributed by atoms with Gasteiger partial charge in [-0.2, -0.15) is 0 Å². The molecular formula is C19H23NO. The molecule has 2 aromatic rings. The summed E-state index contributed by atoms with van der Waals surface area (Å²) in [7, 11) is 0. The van der Waals surface area contributed by atoms with Crippen molar-refractivity contribution < 1.29 is 4.79 Å². The highest BCUT2D eigenvalue weighted by Gasteiger charge is 2.39. The number of rotatable bonds is 2. The summed E-state index contributed by atoms with van der Waals surface area (Å²) in [5.74, 6) is 1.11. The van der Waals surface area contributed by atoms with Gasteiger partial charge in [-0.15, -0.1) is 0 Å². The summed E-state index contributed by atoms with van der Waals surface area (Å²) in [5, 5.41) is 1.15. The number of ketones is 1. The maximum Gasteiger partial charge on any atom is 0.137 e. The molecule has 21 heavy (non-hydrogen) atoms. The topological polar surface area (TPSA) is 30.0 Å². The number of fused-ring (bicyclic) bond motifs is 1. The van der Waals surface area contributed by atoms with Crippen molar-refractivity contribution in [1.82, 2.24) is 4.98 Å². The smallest absolute Gasteiger partial charge is 0.137 e. The SMILES string of the molecule is CC1CCC(C(C)(C)c2ccc3cccnc3c2)C(=O)C1. The maximum absolute atomic E-state index is 12.5. The summed E-state index contributed by atoms with van der Waals surface area (Å²) >= 11 is 0. The van der Waals surface area contributed by atoms with E-state index >= 15 is 0 Å². The number of carbonyl (C=O) groups is 1. The van der Waals surface area contributed by atoms with Gasteiger partial charge in [0.05, 0.1) is 5.52 Å². The van der Waals surface area contributed by atoms with Gasteiger partial charge < -0.3 is 0 Å². The first-order valence-electron chi connectivity index (χ1n) is 7.86. The first-order chi connectivity index (χ1) is 9.98. The number of hydrogen-bond acceptors (Lipinski definition) is 2. The number of nitrogens with zero attached hydrogens (tertiary/aromatic N) is 1. The lowest BCUT2D eigenvalue weighted by Crippen LogP contribution is -2.38. The Morgan fingerprint density at radius 1 is 1.19 bits per heavy atom. The largest absolute Gasteiger partial charge is 0.299 e. The normalized spacial score (nSPS) is 23.5. The lowest BCUT2D eigenvalue weighted by Gasteiger charge is -2.38. The highest BCUT2D eigenvalue weighted by atomic mass is 16.1. The van der Waals surface area contributed by atoms with E-state index in [0.717, 1.165) is 30.2 Å². The molecule has 1 aliphatic rings. The molecule has 0 radical (unpaired) electrons. The predicted octanol–water partition coefficient (Wildman–Crippen LogP) is 4.52. The van der Waals surface area contributed by atoms with Gasteiger partial charge in [0.25, 0.3) is 0 Å². The Kier molecular flexibility index (Phi) is 3.56. The van der Waals surface area contributed by atoms with Crippen LogP contribution in [0.2, 0.25) is 0 Å². The second kappa shape index (κ2) is 5.25. The van der Waals surface area contributed by atoms with Crippen molar-refractivity contribution in [1.29, 1.82) is 0 Å². The third-order valence-electron chi connectivity index (χ3n) is 5.11. The summed E-state index contributed by atoms with van der Waals surface area (Å²) in [6, 6.07) is 10.5. The van der Waals surface area contributed by atoms with E-state index in [1.54, 1.807) is 0 Å². The zero-order chi connectivity index (χ0) is 15.0. The molecule has 0 spiro atoms. The Balaban J connectivity index is 1.97. The van der Waals surface area contributed by atoms with Crippen LogP contribution < -0.4 is 0 Å². The van der Waals surface area contributed by atoms with Crippen LogP contribution in [-0.4, -0.2) is 10.8 Å². The summed E-state index contributed by atoms with van der Waals surface area (Å²) in [5.41, 5.74) is 2.12. The second-order valence-corrected chi connectivity index (χ2v) is 7.04. The van der Waals surface area contributed by atoms with Crippen molar-refractivity contribution in [3.05, 3.63) is 42.1 Å². The van der Waals surface area contributed by atoms with E-state index in [4.69, 9.17) is 0 Å². The van der Waals surface area contributed by atoms with Crippen molar-refractivity contribution in [2.24, 2.45) is 11.8 Å². The summed E-state index contributed by atoms with van der Waals surface area (Å²) in [4.78, 5) is 16.9. The van der Waals surface area contributed by atoms with Crippen LogP contribution in [-0.2, 0) is 10.2 Å². The fourth-order valence-electron chi connectivity index (χ4n) is 3.63. The minimum absolute atomic E-state index is 0.122. The summed E-state index contributed by atoms with van der Waals surface area (Å²) in [6.07, 6.45) is 4.73. The van der Waals surface area contributed by atoms with E-state index in [-0.39, 0.29) is 11.3 Å². The fraction of sp³-hybridized carbons (Fsp3) is 0.474. The van der Waals surface area contributed by atoms with E-state index < -0.39 is 0 Å². The second-order valence-electron chi connectivity index (χ2n) is 7.04. The molecule has 1 aliphatic carbocycles. The first kappa shape index (κ1) is 14.2. The molecule has 0 bridgehead atoms. The number of hydrogen-bond donors (Lipinski definition) is 0. The Labute approximate surface area is 126 Å². The van der Waals surface area contributed by atoms with E-state index in [9.17, 15) is 4.79 Å². The monoisotopic (exact) mass is 281 g/mol. The zero-order valence-electron chi connectivity index (χ0n) is 13.1. The van der Waals surface area contributed by atoms with Crippen LogP contribution in [0.25, 0.3) is 10.9 Å². The average molecular weight is 281 g/mol. The van der Waals surface area contributed by atoms with Gasteiger partial charge in [0.1, 0.15) is 5.78 Å². The van der Waals surface area contributed by atoms with Crippen molar-refractivity contribution >= 4 is 16.7 Å². The highest BCUT2D eigenvalue weighted by Crippen LogP contribution is 2.40. The molecule has 2 heteroatoms. The van der Waals surface area contributed by atoms with Crippen molar-refractivity contribution in [3.63, 3.8) is 0 Å². The maximum atomic E-state index is 12.5. The van der Waals surface area contributed by atoms with Crippen molar-refractivity contribution in [2.45, 2.75) is 45.4 Å². The summed E-state index contributed by atoms with van der Waals surface area (Å²) < 4.78 is 0. The molecule has 110 valence electrons. The lowest BCUT2D eigenvalue weighted by atomic mass is 9.65. The van der Waals surface area contributed by atoms with Crippen LogP contribution in [0.3, 0.4) is 0 Å². The van der Waals surface area contributed by atoms with Crippen LogP contribution in [0.4, 0.5) is 0 Å². The molecular weight excluding hydrogens is 258 g/mol. The van der Waals surface area contributed by atoms with Gasteiger partial charge in [-0.3, -0.25) is 9.78 Å². The van der Waals surface area contributed by atoms with E-state index in [0.29, 0.717) is 11.7 Å². The van der Waals surface area contributed by atoms with E-state index in [1.807, 2.05) is 12.3 Å². The van der Waals surface area contributed by atoms with Gasteiger partial charge >= 0.3 is 0 Å². The molecule has 2 nitrogen and oxygen atoms in total. The van der Waals surface area contributed by atoms with Gasteiger partial charge in [-0.25, -0.2) is 0 Å². The molecule has 0 saturated heterocycles. The Morgan fingerprint density at radius 3 is 2.76 bits per heavy atom. The molecule has 2 unspecified atom stereocenters. The van der Waals surface area contributed by atoms with E-state index in [2.05, 4.69) is 50.0 Å². The van der Waals surface area contributed by atoms with Gasteiger partial charge in [-0.05, 0) is 41.9 Å². The summed E-state index contributed by atoms with van der Waals surface area (Å²) in [6.45, 7) is 6.59. The minimum atomic E-state index is -0.122. The zero-order valence-corrected chi connectivity index (χ0v) is 13.1. The standard InChI is InChI=1S/C19H23NO/c1-13-6-9-16(18(21)11-13)19(2,3)15-8-7-14-5-4-10-20-17(14)12-15/h4-5,7-8,10,12-13,16H,6,9,11H2,1-3H3. The number of Topliss-reactive ketones (excluding diaryl/α,β-unsaturated/α-hetero) is 1. The number of aromatic nitrogens is 1. The average Bonchev–Trinajstić information content (AvgIpc) is 2.46. The molecule has 1 fully saturated rings. The van der Waals surface area contributed by atoms with Crippen molar-refractivity contribution in [2.75, 3.05) is 0 Å². The lowest BCUT2D eigenvalue weighted by molar-refractivity contribution is -0.128. The number of benzene rings is 1. The van der Waals surface area contributed by atoms with Crippen LogP contribution in [0.1, 0.15) is 45.6 Å². The fourth-order valence-corrected chi connectivity index (χ4v) is 3.63. The highest BCUT2D eigenvalue weighted by molar-refractivity contribution is 5.84. The van der Waals surface area contributed by atoms with Gasteiger partial charge in [0, 0.05) is 23.9 Å². The number of pyridine rings is 1. The van der Waals surface area contributed by atoms with Crippen LogP contribution in [0.15, 0.2) is 36.5 Å².